The van der Waals surface area contributed by atoms with E-state index in [1.165, 1.54) is 0 Å². The Balaban J connectivity index is 1.86. The Morgan fingerprint density at radius 3 is 2.29 bits per heavy atom. The summed E-state index contributed by atoms with van der Waals surface area (Å²) in [5.41, 5.74) is 7.25. The van der Waals surface area contributed by atoms with Gasteiger partial charge in [-0.05, 0) is 37.0 Å². The van der Waals surface area contributed by atoms with E-state index < -0.39 is 25.1 Å². The first-order valence-electron chi connectivity index (χ1n) is 6.82. The standard InChI is InChI=1S/C13H20N2O4S2/c14-12-3-1-11(2-4-12)5-8-15-21(18,19)13-6-9-20(16,17)10-7-13/h1-4,13,15H,5-10,14H2. The zero-order valence-electron chi connectivity index (χ0n) is 11.7. The summed E-state index contributed by atoms with van der Waals surface area (Å²) >= 11 is 0. The molecule has 1 aromatic rings. The van der Waals surface area contributed by atoms with Crippen LogP contribution in [0.4, 0.5) is 5.69 Å². The zero-order valence-corrected chi connectivity index (χ0v) is 13.3. The van der Waals surface area contributed by atoms with Crippen molar-refractivity contribution < 1.29 is 16.8 Å². The molecular formula is C13H20N2O4S2. The highest BCUT2D eigenvalue weighted by atomic mass is 32.2. The molecule has 0 aromatic heterocycles. The summed E-state index contributed by atoms with van der Waals surface area (Å²) in [7, 11) is -6.50. The van der Waals surface area contributed by atoms with E-state index in [9.17, 15) is 16.8 Å². The summed E-state index contributed by atoms with van der Waals surface area (Å²) in [6, 6.07) is 7.26. The van der Waals surface area contributed by atoms with E-state index in [1.54, 1.807) is 12.1 Å². The number of anilines is 1. The molecule has 0 atom stereocenters. The molecule has 1 aliphatic heterocycles. The van der Waals surface area contributed by atoms with Crippen molar-refractivity contribution in [3.63, 3.8) is 0 Å². The van der Waals surface area contributed by atoms with Crippen molar-refractivity contribution in [2.24, 2.45) is 0 Å². The largest absolute Gasteiger partial charge is 0.399 e. The normalized spacial score (nSPS) is 19.4. The Morgan fingerprint density at radius 1 is 1.14 bits per heavy atom. The molecule has 0 radical (unpaired) electrons. The van der Waals surface area contributed by atoms with Crippen molar-refractivity contribution in [2.45, 2.75) is 24.5 Å². The predicted molar refractivity (Wildman–Crippen MR) is 83.2 cm³/mol. The second-order valence-corrected chi connectivity index (χ2v) is 9.63. The summed E-state index contributed by atoms with van der Waals surface area (Å²) in [6.45, 7) is 0.301. The maximum absolute atomic E-state index is 12.1. The lowest BCUT2D eigenvalue weighted by Crippen LogP contribution is -2.40. The Hall–Kier alpha value is -1.12. The number of sulfonamides is 1. The van der Waals surface area contributed by atoms with Gasteiger partial charge in [0.15, 0.2) is 0 Å². The van der Waals surface area contributed by atoms with Crippen molar-refractivity contribution >= 4 is 25.5 Å². The summed E-state index contributed by atoms with van der Waals surface area (Å²) in [4.78, 5) is 0. The molecule has 0 saturated carbocycles. The molecule has 0 unspecified atom stereocenters. The van der Waals surface area contributed by atoms with E-state index in [0.717, 1.165) is 5.56 Å². The van der Waals surface area contributed by atoms with Crippen LogP contribution in [0.2, 0.25) is 0 Å². The lowest BCUT2D eigenvalue weighted by atomic mass is 10.1. The van der Waals surface area contributed by atoms with Gasteiger partial charge in [0, 0.05) is 12.2 Å². The Morgan fingerprint density at radius 2 is 1.71 bits per heavy atom. The number of sulfone groups is 1. The summed E-state index contributed by atoms with van der Waals surface area (Å²) in [5, 5.41) is -0.604. The SMILES string of the molecule is Nc1ccc(CCNS(=O)(=O)C2CCS(=O)(=O)CC2)cc1. The van der Waals surface area contributed by atoms with Crippen LogP contribution >= 0.6 is 0 Å². The fourth-order valence-corrected chi connectivity index (χ4v) is 5.59. The third-order valence-electron chi connectivity index (χ3n) is 3.64. The summed E-state index contributed by atoms with van der Waals surface area (Å²) in [5.74, 6) is -0.0902. The highest BCUT2D eigenvalue weighted by Crippen LogP contribution is 2.18. The molecule has 8 heteroatoms. The lowest BCUT2D eigenvalue weighted by Gasteiger charge is -2.22. The molecule has 0 spiro atoms. The van der Waals surface area contributed by atoms with Gasteiger partial charge in [-0.2, -0.15) is 0 Å². The topological polar surface area (TPSA) is 106 Å². The van der Waals surface area contributed by atoms with Gasteiger partial charge in [0.2, 0.25) is 10.0 Å². The van der Waals surface area contributed by atoms with Crippen molar-refractivity contribution in [1.29, 1.82) is 0 Å². The van der Waals surface area contributed by atoms with Crippen LogP contribution < -0.4 is 10.5 Å². The van der Waals surface area contributed by atoms with Gasteiger partial charge in [-0.25, -0.2) is 21.6 Å². The number of nitrogens with one attached hydrogen (secondary N) is 1. The molecule has 0 amide bonds. The fourth-order valence-electron chi connectivity index (χ4n) is 2.32. The van der Waals surface area contributed by atoms with E-state index in [0.29, 0.717) is 18.7 Å². The van der Waals surface area contributed by atoms with Crippen LogP contribution in [-0.2, 0) is 26.3 Å². The zero-order chi connectivity index (χ0) is 15.5. The maximum atomic E-state index is 12.1. The Labute approximate surface area is 125 Å². The van der Waals surface area contributed by atoms with E-state index in [4.69, 9.17) is 5.73 Å². The predicted octanol–water partition coefficient (Wildman–Crippen LogP) is 0.308. The molecule has 3 N–H and O–H groups in total. The highest BCUT2D eigenvalue weighted by Gasteiger charge is 2.32. The second-order valence-electron chi connectivity index (χ2n) is 5.28. The number of hydrogen-bond donors (Lipinski definition) is 2. The molecule has 1 saturated heterocycles. The number of benzene rings is 1. The molecule has 1 fully saturated rings. The molecule has 6 nitrogen and oxygen atoms in total. The molecule has 1 heterocycles. The third kappa shape index (κ3) is 4.69. The van der Waals surface area contributed by atoms with Gasteiger partial charge < -0.3 is 5.73 Å². The monoisotopic (exact) mass is 332 g/mol. The molecule has 1 aliphatic rings. The van der Waals surface area contributed by atoms with Crippen LogP contribution in [0.25, 0.3) is 0 Å². The first-order chi connectivity index (χ1) is 9.78. The average Bonchev–Trinajstić information content (AvgIpc) is 2.40. The number of nitrogen functional groups attached to an aromatic ring is 1. The molecule has 2 rings (SSSR count). The van der Waals surface area contributed by atoms with Crippen molar-refractivity contribution in [2.75, 3.05) is 23.8 Å². The maximum Gasteiger partial charge on any atom is 0.214 e. The van der Waals surface area contributed by atoms with Gasteiger partial charge in [-0.1, -0.05) is 12.1 Å². The first kappa shape index (κ1) is 16.3. The Bertz CT molecular complexity index is 667. The molecule has 118 valence electrons. The molecule has 21 heavy (non-hydrogen) atoms. The lowest BCUT2D eigenvalue weighted by molar-refractivity contribution is 0.542. The van der Waals surface area contributed by atoms with Crippen LogP contribution in [0, 0.1) is 0 Å². The number of nitrogens with two attached hydrogens (primary N) is 1. The number of rotatable bonds is 5. The van der Waals surface area contributed by atoms with Gasteiger partial charge in [-0.3, -0.25) is 0 Å². The van der Waals surface area contributed by atoms with E-state index in [1.807, 2.05) is 12.1 Å². The van der Waals surface area contributed by atoms with E-state index in [-0.39, 0.29) is 24.3 Å². The summed E-state index contributed by atoms with van der Waals surface area (Å²) in [6.07, 6.45) is 0.934. The van der Waals surface area contributed by atoms with Gasteiger partial charge in [0.25, 0.3) is 0 Å². The third-order valence-corrected chi connectivity index (χ3v) is 7.31. The van der Waals surface area contributed by atoms with Crippen molar-refractivity contribution in [1.82, 2.24) is 4.72 Å². The highest BCUT2D eigenvalue weighted by molar-refractivity contribution is 7.92. The quantitative estimate of drug-likeness (QED) is 0.755. The van der Waals surface area contributed by atoms with Gasteiger partial charge in [0.05, 0.1) is 16.8 Å². The van der Waals surface area contributed by atoms with Crippen LogP contribution in [0.5, 0.6) is 0 Å². The van der Waals surface area contributed by atoms with Crippen LogP contribution in [0.15, 0.2) is 24.3 Å². The molecule has 1 aromatic carbocycles. The van der Waals surface area contributed by atoms with Crippen LogP contribution in [0.3, 0.4) is 0 Å². The molecular weight excluding hydrogens is 312 g/mol. The molecule has 0 aliphatic carbocycles. The van der Waals surface area contributed by atoms with Gasteiger partial charge >= 0.3 is 0 Å². The summed E-state index contributed by atoms with van der Waals surface area (Å²) < 4.78 is 49.4. The van der Waals surface area contributed by atoms with E-state index in [2.05, 4.69) is 4.72 Å². The minimum Gasteiger partial charge on any atom is -0.399 e. The van der Waals surface area contributed by atoms with Crippen molar-refractivity contribution in [3.8, 4) is 0 Å². The average molecular weight is 332 g/mol. The minimum absolute atomic E-state index is 0.0451. The minimum atomic E-state index is -3.45. The van der Waals surface area contributed by atoms with E-state index >= 15 is 0 Å². The van der Waals surface area contributed by atoms with Gasteiger partial charge in [0.1, 0.15) is 9.84 Å². The van der Waals surface area contributed by atoms with Crippen LogP contribution in [-0.4, -0.2) is 40.1 Å². The molecule has 0 bridgehead atoms. The second kappa shape index (κ2) is 6.33. The Kier molecular flexibility index (Phi) is 4.90. The smallest absolute Gasteiger partial charge is 0.214 e. The van der Waals surface area contributed by atoms with Crippen molar-refractivity contribution in [3.05, 3.63) is 29.8 Å². The van der Waals surface area contributed by atoms with Gasteiger partial charge in [-0.15, -0.1) is 0 Å². The number of hydrogen-bond acceptors (Lipinski definition) is 5. The first-order valence-corrected chi connectivity index (χ1v) is 10.2. The fraction of sp³-hybridized carbons (Fsp3) is 0.538. The van der Waals surface area contributed by atoms with Crippen LogP contribution in [0.1, 0.15) is 18.4 Å².